The fraction of sp³-hybridized carbons (Fsp3) is 0.125. The van der Waals surface area contributed by atoms with Gasteiger partial charge >= 0.3 is 0 Å². The Balaban J connectivity index is 2.51. The van der Waals surface area contributed by atoms with Crippen molar-refractivity contribution in [2.45, 2.75) is 0 Å². The number of aromatic amines is 1. The summed E-state index contributed by atoms with van der Waals surface area (Å²) >= 11 is 0. The molecule has 1 aromatic heterocycles. The molecule has 0 fully saturated rings. The number of tetrazole rings is 1. The van der Waals surface area contributed by atoms with Gasteiger partial charge in [-0.15, -0.1) is 10.2 Å². The summed E-state index contributed by atoms with van der Waals surface area (Å²) in [4.78, 5) is 10.1. The first-order chi connectivity index (χ1) is 7.72. The van der Waals surface area contributed by atoms with E-state index in [2.05, 4.69) is 20.6 Å². The maximum Gasteiger partial charge on any atom is 0.273 e. The van der Waals surface area contributed by atoms with E-state index in [1.165, 1.54) is 25.3 Å². The first-order valence-corrected chi connectivity index (χ1v) is 4.28. The lowest BCUT2D eigenvalue weighted by molar-refractivity contribution is -0.384. The number of benzene rings is 1. The molecule has 2 rings (SSSR count). The minimum absolute atomic E-state index is 0.0518. The Kier molecular flexibility index (Phi) is 2.46. The number of H-pyrrole nitrogens is 1. The van der Waals surface area contributed by atoms with Crippen LogP contribution in [0.4, 0.5) is 5.69 Å². The smallest absolute Gasteiger partial charge is 0.273 e. The molecule has 0 unspecified atom stereocenters. The molecular formula is C8H7N5O3. The van der Waals surface area contributed by atoms with Gasteiger partial charge in [-0.3, -0.25) is 10.1 Å². The minimum atomic E-state index is -0.497. The van der Waals surface area contributed by atoms with Gasteiger partial charge in [0.2, 0.25) is 5.82 Å². The van der Waals surface area contributed by atoms with Gasteiger partial charge in [-0.05, 0) is 11.3 Å². The second-order valence-corrected chi connectivity index (χ2v) is 2.88. The van der Waals surface area contributed by atoms with Crippen LogP contribution in [0.2, 0.25) is 0 Å². The first-order valence-electron chi connectivity index (χ1n) is 4.28. The van der Waals surface area contributed by atoms with Gasteiger partial charge in [0.15, 0.2) is 0 Å². The molecule has 0 aliphatic carbocycles. The Bertz CT molecular complexity index is 510. The van der Waals surface area contributed by atoms with E-state index in [9.17, 15) is 10.1 Å². The molecular weight excluding hydrogens is 214 g/mol. The third kappa shape index (κ3) is 1.67. The average molecular weight is 221 g/mol. The van der Waals surface area contributed by atoms with Crippen molar-refractivity contribution in [2.75, 3.05) is 7.11 Å². The number of nitrogens with zero attached hydrogens (tertiary/aromatic N) is 4. The highest BCUT2D eigenvalue weighted by Crippen LogP contribution is 2.30. The number of ether oxygens (including phenoxy) is 1. The molecule has 0 saturated carbocycles. The van der Waals surface area contributed by atoms with Gasteiger partial charge in [-0.25, -0.2) is 0 Å². The van der Waals surface area contributed by atoms with Gasteiger partial charge in [-0.2, -0.15) is 5.21 Å². The average Bonchev–Trinajstić information content (AvgIpc) is 2.81. The fourth-order valence-electron chi connectivity index (χ4n) is 1.25. The summed E-state index contributed by atoms with van der Waals surface area (Å²) in [6.45, 7) is 0. The van der Waals surface area contributed by atoms with Crippen LogP contribution in [0, 0.1) is 10.1 Å². The Hall–Kier alpha value is -2.51. The molecule has 8 nitrogen and oxygen atoms in total. The molecule has 8 heteroatoms. The molecule has 82 valence electrons. The predicted molar refractivity (Wildman–Crippen MR) is 52.8 cm³/mol. The van der Waals surface area contributed by atoms with Crippen molar-refractivity contribution < 1.29 is 9.66 Å². The molecule has 1 heterocycles. The van der Waals surface area contributed by atoms with Gasteiger partial charge in [0, 0.05) is 6.07 Å². The highest BCUT2D eigenvalue weighted by atomic mass is 16.6. The molecule has 1 aromatic carbocycles. The van der Waals surface area contributed by atoms with Crippen LogP contribution in [0.3, 0.4) is 0 Å². The molecule has 0 aliphatic heterocycles. The predicted octanol–water partition coefficient (Wildman–Crippen LogP) is 0.783. The van der Waals surface area contributed by atoms with Crippen LogP contribution in [-0.4, -0.2) is 32.7 Å². The normalized spacial score (nSPS) is 10.1. The molecule has 0 radical (unpaired) electrons. The van der Waals surface area contributed by atoms with Gasteiger partial charge < -0.3 is 4.74 Å². The number of methoxy groups -OCH3 is 1. The van der Waals surface area contributed by atoms with Crippen LogP contribution in [0.1, 0.15) is 0 Å². The number of hydrogen-bond acceptors (Lipinski definition) is 6. The lowest BCUT2D eigenvalue weighted by atomic mass is 10.1. The largest absolute Gasteiger partial charge is 0.496 e. The Morgan fingerprint density at radius 1 is 1.50 bits per heavy atom. The summed E-state index contributed by atoms with van der Waals surface area (Å²) in [6.07, 6.45) is 0. The number of non-ortho nitro benzene ring substituents is 1. The minimum Gasteiger partial charge on any atom is -0.496 e. The van der Waals surface area contributed by atoms with Crippen molar-refractivity contribution in [3.8, 4) is 17.1 Å². The molecule has 0 atom stereocenters. The van der Waals surface area contributed by atoms with E-state index in [-0.39, 0.29) is 5.69 Å². The van der Waals surface area contributed by atoms with E-state index in [1.807, 2.05) is 0 Å². The molecule has 1 N–H and O–H groups in total. The molecule has 16 heavy (non-hydrogen) atoms. The number of rotatable bonds is 3. The monoisotopic (exact) mass is 221 g/mol. The maximum absolute atomic E-state index is 10.6. The zero-order chi connectivity index (χ0) is 11.5. The van der Waals surface area contributed by atoms with Gasteiger partial charge in [0.25, 0.3) is 5.69 Å². The summed E-state index contributed by atoms with van der Waals surface area (Å²) in [5, 5.41) is 23.8. The number of nitro groups is 1. The van der Waals surface area contributed by atoms with Crippen molar-refractivity contribution in [3.05, 3.63) is 28.3 Å². The number of nitrogens with one attached hydrogen (secondary N) is 1. The molecule has 2 aromatic rings. The standard InChI is InChI=1S/C8H7N5O3/c1-16-7-4-5(13(14)15)2-3-6(7)8-9-11-12-10-8/h2-4H,1H3,(H,9,10,11,12). The molecule has 0 amide bonds. The molecule has 0 aliphatic rings. The van der Waals surface area contributed by atoms with E-state index in [0.717, 1.165) is 0 Å². The van der Waals surface area contributed by atoms with E-state index in [4.69, 9.17) is 4.74 Å². The van der Waals surface area contributed by atoms with Crippen LogP contribution in [0.25, 0.3) is 11.4 Å². The Morgan fingerprint density at radius 3 is 2.88 bits per heavy atom. The molecule has 0 bridgehead atoms. The molecule has 0 spiro atoms. The highest BCUT2D eigenvalue weighted by Gasteiger charge is 2.14. The van der Waals surface area contributed by atoms with Crippen molar-refractivity contribution in [1.29, 1.82) is 0 Å². The summed E-state index contributed by atoms with van der Waals surface area (Å²) in [6, 6.07) is 4.18. The first kappa shape index (κ1) is 10.0. The second-order valence-electron chi connectivity index (χ2n) is 2.88. The summed E-state index contributed by atoms with van der Waals surface area (Å²) < 4.78 is 5.03. The van der Waals surface area contributed by atoms with Gasteiger partial charge in [0.1, 0.15) is 5.75 Å². The maximum atomic E-state index is 10.6. The van der Waals surface area contributed by atoms with Crippen LogP contribution in [-0.2, 0) is 0 Å². The van der Waals surface area contributed by atoms with Crippen LogP contribution in [0.5, 0.6) is 5.75 Å². The van der Waals surface area contributed by atoms with Gasteiger partial charge in [-0.1, -0.05) is 0 Å². The van der Waals surface area contributed by atoms with E-state index in [0.29, 0.717) is 17.1 Å². The lowest BCUT2D eigenvalue weighted by Gasteiger charge is -2.03. The summed E-state index contributed by atoms with van der Waals surface area (Å²) in [5.74, 6) is 0.655. The number of hydrogen-bond donors (Lipinski definition) is 1. The zero-order valence-corrected chi connectivity index (χ0v) is 8.25. The summed E-state index contributed by atoms with van der Waals surface area (Å²) in [5.41, 5.74) is 0.492. The fourth-order valence-corrected chi connectivity index (χ4v) is 1.25. The zero-order valence-electron chi connectivity index (χ0n) is 8.25. The Morgan fingerprint density at radius 2 is 2.31 bits per heavy atom. The third-order valence-electron chi connectivity index (χ3n) is 1.98. The highest BCUT2D eigenvalue weighted by molar-refractivity contribution is 5.66. The topological polar surface area (TPSA) is 107 Å². The quantitative estimate of drug-likeness (QED) is 0.606. The van der Waals surface area contributed by atoms with Crippen molar-refractivity contribution in [3.63, 3.8) is 0 Å². The van der Waals surface area contributed by atoms with Gasteiger partial charge in [0.05, 0.1) is 23.7 Å². The third-order valence-corrected chi connectivity index (χ3v) is 1.98. The lowest BCUT2D eigenvalue weighted by Crippen LogP contribution is -1.93. The Labute approximate surface area is 89.4 Å². The van der Waals surface area contributed by atoms with Crippen LogP contribution in [0.15, 0.2) is 18.2 Å². The van der Waals surface area contributed by atoms with Crippen LogP contribution < -0.4 is 4.74 Å². The van der Waals surface area contributed by atoms with Crippen molar-refractivity contribution in [1.82, 2.24) is 20.6 Å². The van der Waals surface area contributed by atoms with E-state index in [1.54, 1.807) is 0 Å². The number of nitro benzene ring substituents is 1. The molecule has 0 saturated heterocycles. The van der Waals surface area contributed by atoms with Crippen LogP contribution >= 0.6 is 0 Å². The van der Waals surface area contributed by atoms with Crippen molar-refractivity contribution >= 4 is 5.69 Å². The van der Waals surface area contributed by atoms with Crippen molar-refractivity contribution in [2.24, 2.45) is 0 Å². The SMILES string of the molecule is COc1cc([N+](=O)[O-])ccc1-c1nn[nH]n1. The number of aromatic nitrogens is 4. The summed E-state index contributed by atoms with van der Waals surface area (Å²) in [7, 11) is 1.42. The van der Waals surface area contributed by atoms with E-state index < -0.39 is 4.92 Å². The second kappa shape index (κ2) is 3.93. The van der Waals surface area contributed by atoms with E-state index >= 15 is 0 Å².